The molecule has 0 fully saturated rings. The zero-order valence-corrected chi connectivity index (χ0v) is 14.4. The summed E-state index contributed by atoms with van der Waals surface area (Å²) in [5.41, 5.74) is -5.47. The Morgan fingerprint density at radius 1 is 1.00 bits per heavy atom. The second-order valence-electron chi connectivity index (χ2n) is 5.46. The van der Waals surface area contributed by atoms with Gasteiger partial charge < -0.3 is 10.6 Å². The minimum atomic E-state index is -4.69. The molecule has 0 unspecified atom stereocenters. The predicted molar refractivity (Wildman–Crippen MR) is 87.4 cm³/mol. The van der Waals surface area contributed by atoms with Gasteiger partial charge in [-0.1, -0.05) is 6.07 Å². The topological polar surface area (TPSA) is 49.8 Å². The summed E-state index contributed by atoms with van der Waals surface area (Å²) >= 11 is -0.321. The monoisotopic (exact) mass is 396 g/mol. The number of rotatable bonds is 5. The predicted octanol–water partition coefficient (Wildman–Crippen LogP) is 5.67. The van der Waals surface area contributed by atoms with Gasteiger partial charge in [0, 0.05) is 22.7 Å². The summed E-state index contributed by atoms with van der Waals surface area (Å²) in [6, 6.07) is 5.67. The lowest BCUT2D eigenvalue weighted by Crippen LogP contribution is -2.17. The molecule has 0 saturated heterocycles. The van der Waals surface area contributed by atoms with E-state index in [4.69, 9.17) is 0 Å². The minimum absolute atomic E-state index is 0.104. The summed E-state index contributed by atoms with van der Waals surface area (Å²) in [6.45, 7) is 3.41. The van der Waals surface area contributed by atoms with E-state index in [1.807, 2.05) is 0 Å². The van der Waals surface area contributed by atoms with Gasteiger partial charge >= 0.3 is 11.7 Å². The number of hydrogen-bond donors (Lipinski definition) is 2. The number of aromatic nitrogens is 2. The highest BCUT2D eigenvalue weighted by Crippen LogP contribution is 2.38. The maximum absolute atomic E-state index is 13.0. The van der Waals surface area contributed by atoms with E-state index in [2.05, 4.69) is 20.6 Å². The van der Waals surface area contributed by atoms with Crippen LogP contribution in [-0.2, 0) is 6.18 Å². The molecule has 0 saturated carbocycles. The molecule has 0 spiro atoms. The molecule has 0 bridgehead atoms. The van der Waals surface area contributed by atoms with Crippen molar-refractivity contribution in [1.29, 1.82) is 0 Å². The van der Waals surface area contributed by atoms with Gasteiger partial charge in [-0.25, -0.2) is 4.98 Å². The number of benzene rings is 1. The Hall–Kier alpha value is -2.17. The summed E-state index contributed by atoms with van der Waals surface area (Å²) in [4.78, 5) is 7.23. The van der Waals surface area contributed by atoms with Gasteiger partial charge in [0.25, 0.3) is 0 Å². The van der Waals surface area contributed by atoms with Gasteiger partial charge in [-0.15, -0.1) is 0 Å². The van der Waals surface area contributed by atoms with Crippen molar-refractivity contribution in [2.45, 2.75) is 36.5 Å². The first-order valence-electron chi connectivity index (χ1n) is 7.28. The fraction of sp³-hybridized carbons (Fsp3) is 0.333. The maximum Gasteiger partial charge on any atom is 0.446 e. The van der Waals surface area contributed by atoms with Crippen molar-refractivity contribution in [3.63, 3.8) is 0 Å². The van der Waals surface area contributed by atoms with Crippen LogP contribution in [0.15, 0.2) is 35.2 Å². The standard InChI is InChI=1S/C15H14F6N4S/c1-8(2)22-13-24-11(14(16,17)18)7-12(25-13)23-9-4-3-5-10(6-9)26-15(19,20)21/h3-8H,1-2H3,(H2,22,23,24,25). The van der Waals surface area contributed by atoms with Crippen LogP contribution in [-0.4, -0.2) is 21.5 Å². The molecule has 2 aromatic rings. The average Bonchev–Trinajstić information content (AvgIpc) is 2.43. The van der Waals surface area contributed by atoms with Crippen LogP contribution >= 0.6 is 11.8 Å². The van der Waals surface area contributed by atoms with Crippen LogP contribution in [0.2, 0.25) is 0 Å². The van der Waals surface area contributed by atoms with Crippen molar-refractivity contribution in [1.82, 2.24) is 9.97 Å². The summed E-state index contributed by atoms with van der Waals surface area (Å²) in [5.74, 6) is -0.428. The molecule has 2 N–H and O–H groups in total. The van der Waals surface area contributed by atoms with Crippen molar-refractivity contribution >= 4 is 29.2 Å². The fourth-order valence-electron chi connectivity index (χ4n) is 1.90. The van der Waals surface area contributed by atoms with Crippen molar-refractivity contribution in [2.75, 3.05) is 10.6 Å². The Balaban J connectivity index is 2.32. The molecular formula is C15H14F6N4S. The zero-order valence-electron chi connectivity index (χ0n) is 13.5. The number of nitrogens with zero attached hydrogens (tertiary/aromatic N) is 2. The summed E-state index contributed by atoms with van der Waals surface area (Å²) in [5, 5.41) is 5.26. The summed E-state index contributed by atoms with van der Waals surface area (Å²) in [7, 11) is 0. The zero-order chi connectivity index (χ0) is 19.5. The molecule has 26 heavy (non-hydrogen) atoms. The summed E-state index contributed by atoms with van der Waals surface area (Å²) < 4.78 is 76.3. The Morgan fingerprint density at radius 3 is 2.27 bits per heavy atom. The molecule has 1 heterocycles. The molecule has 0 atom stereocenters. The third-order valence-electron chi connectivity index (χ3n) is 2.77. The molecule has 4 nitrogen and oxygen atoms in total. The van der Waals surface area contributed by atoms with Crippen molar-refractivity contribution in [2.24, 2.45) is 0 Å². The van der Waals surface area contributed by atoms with E-state index in [9.17, 15) is 26.3 Å². The van der Waals surface area contributed by atoms with E-state index >= 15 is 0 Å². The third kappa shape index (κ3) is 6.28. The second-order valence-corrected chi connectivity index (χ2v) is 6.60. The van der Waals surface area contributed by atoms with Crippen LogP contribution in [0.3, 0.4) is 0 Å². The van der Waals surface area contributed by atoms with Gasteiger partial charge in [0.05, 0.1) is 0 Å². The first kappa shape index (κ1) is 20.1. The average molecular weight is 396 g/mol. The van der Waals surface area contributed by atoms with E-state index in [0.717, 1.165) is 0 Å². The molecule has 2 rings (SSSR count). The van der Waals surface area contributed by atoms with Gasteiger partial charge in [0.15, 0.2) is 5.69 Å². The lowest BCUT2D eigenvalue weighted by Gasteiger charge is -2.14. The molecule has 0 aliphatic heterocycles. The lowest BCUT2D eigenvalue weighted by molar-refractivity contribution is -0.141. The maximum atomic E-state index is 13.0. The van der Waals surface area contributed by atoms with E-state index < -0.39 is 17.4 Å². The van der Waals surface area contributed by atoms with Crippen LogP contribution in [0.1, 0.15) is 19.5 Å². The Labute approximate surface area is 149 Å². The SMILES string of the molecule is CC(C)Nc1nc(Nc2cccc(SC(F)(F)F)c2)cc(C(F)(F)F)n1. The lowest BCUT2D eigenvalue weighted by atomic mass is 10.3. The Bertz CT molecular complexity index is 761. The number of nitrogens with one attached hydrogen (secondary N) is 2. The summed E-state index contributed by atoms with van der Waals surface area (Å²) in [6.07, 6.45) is -4.69. The molecular weight excluding hydrogens is 382 g/mol. The Morgan fingerprint density at radius 2 is 1.69 bits per heavy atom. The number of thioether (sulfide) groups is 1. The fourth-order valence-corrected chi connectivity index (χ4v) is 2.50. The van der Waals surface area contributed by atoms with Crippen LogP contribution in [0.25, 0.3) is 0 Å². The highest BCUT2D eigenvalue weighted by molar-refractivity contribution is 8.00. The molecule has 0 radical (unpaired) electrons. The van der Waals surface area contributed by atoms with Crippen LogP contribution in [0.5, 0.6) is 0 Å². The minimum Gasteiger partial charge on any atom is -0.352 e. The van der Waals surface area contributed by atoms with E-state index in [1.165, 1.54) is 24.3 Å². The van der Waals surface area contributed by atoms with Crippen molar-refractivity contribution in [3.8, 4) is 0 Å². The van der Waals surface area contributed by atoms with Gasteiger partial charge in [-0.05, 0) is 43.8 Å². The van der Waals surface area contributed by atoms with E-state index in [0.29, 0.717) is 6.07 Å². The number of anilines is 3. The molecule has 0 aliphatic carbocycles. The largest absolute Gasteiger partial charge is 0.446 e. The quantitative estimate of drug-likeness (QED) is 0.504. The number of alkyl halides is 6. The normalized spacial score (nSPS) is 12.3. The highest BCUT2D eigenvalue weighted by Gasteiger charge is 2.34. The van der Waals surface area contributed by atoms with E-state index in [1.54, 1.807) is 13.8 Å². The molecule has 0 amide bonds. The first-order chi connectivity index (χ1) is 11.9. The van der Waals surface area contributed by atoms with Crippen LogP contribution in [0.4, 0.5) is 43.8 Å². The van der Waals surface area contributed by atoms with E-state index in [-0.39, 0.29) is 40.2 Å². The van der Waals surface area contributed by atoms with Gasteiger partial charge in [-0.2, -0.15) is 31.3 Å². The third-order valence-corrected chi connectivity index (χ3v) is 3.50. The molecule has 0 aliphatic rings. The van der Waals surface area contributed by atoms with Crippen molar-refractivity contribution in [3.05, 3.63) is 36.0 Å². The Kier molecular flexibility index (Phi) is 5.89. The van der Waals surface area contributed by atoms with Gasteiger partial charge in [0.2, 0.25) is 5.95 Å². The first-order valence-corrected chi connectivity index (χ1v) is 8.10. The molecule has 1 aromatic heterocycles. The molecule has 11 heteroatoms. The van der Waals surface area contributed by atoms with Crippen LogP contribution < -0.4 is 10.6 Å². The second kappa shape index (κ2) is 7.60. The van der Waals surface area contributed by atoms with Crippen molar-refractivity contribution < 1.29 is 26.3 Å². The van der Waals surface area contributed by atoms with Crippen LogP contribution in [0, 0.1) is 0 Å². The van der Waals surface area contributed by atoms with Gasteiger partial charge in [-0.3, -0.25) is 0 Å². The number of hydrogen-bond acceptors (Lipinski definition) is 5. The number of halogens is 6. The molecule has 1 aromatic carbocycles. The highest BCUT2D eigenvalue weighted by atomic mass is 32.2. The van der Waals surface area contributed by atoms with Gasteiger partial charge in [0.1, 0.15) is 5.82 Å². The molecule has 142 valence electrons. The smallest absolute Gasteiger partial charge is 0.352 e.